The Kier molecular flexibility index (Phi) is 6.04. The van der Waals surface area contributed by atoms with Crippen LogP contribution in [0.2, 0.25) is 0 Å². The Hall–Kier alpha value is -3.18. The second-order valence-electron chi connectivity index (χ2n) is 10.1. The number of nitrogens with zero attached hydrogens (tertiary/aromatic N) is 1. The van der Waals surface area contributed by atoms with E-state index in [2.05, 4.69) is 64.5 Å². The molecule has 3 aliphatic rings. The van der Waals surface area contributed by atoms with Crippen LogP contribution in [0.15, 0.2) is 78.4 Å². The number of carbonyl (C=O) groups excluding carboxylic acids is 2. The van der Waals surface area contributed by atoms with E-state index in [1.807, 2.05) is 29.2 Å². The summed E-state index contributed by atoms with van der Waals surface area (Å²) in [6, 6.07) is 24.9. The minimum atomic E-state index is -0.189. The lowest BCUT2D eigenvalue weighted by molar-refractivity contribution is 0.0755. The van der Waals surface area contributed by atoms with Crippen LogP contribution in [-0.2, 0) is 4.74 Å². The molecule has 0 aromatic heterocycles. The molecule has 0 N–H and O–H groups in total. The van der Waals surface area contributed by atoms with Gasteiger partial charge in [-0.05, 0) is 60.4 Å². The first kappa shape index (κ1) is 23.2. The standard InChI is InChI=1S/C31H28BrNO3/c1-19(34)20-10-12-21(13-11-20)30(32)22-16-23-14-15-24(17-22)33(23)31(35)36-18-29-27-8-4-2-6-25(27)26-7-3-5-9-28(26)29/h2-13,23-24,29H,14-18H2,1H3. The molecule has 2 atom stereocenters. The van der Waals surface area contributed by atoms with E-state index in [1.165, 1.54) is 27.8 Å². The van der Waals surface area contributed by atoms with Crippen molar-refractivity contribution in [3.8, 4) is 11.1 Å². The highest BCUT2D eigenvalue weighted by Gasteiger charge is 2.43. The Morgan fingerprint density at radius 3 is 1.92 bits per heavy atom. The molecule has 0 saturated carbocycles. The summed E-state index contributed by atoms with van der Waals surface area (Å²) in [5.41, 5.74) is 8.07. The normalized spacial score (nSPS) is 20.2. The van der Waals surface area contributed by atoms with Crippen LogP contribution in [-0.4, -0.2) is 35.5 Å². The van der Waals surface area contributed by atoms with Gasteiger partial charge in [0.1, 0.15) is 6.61 Å². The Morgan fingerprint density at radius 2 is 1.36 bits per heavy atom. The summed E-state index contributed by atoms with van der Waals surface area (Å²) >= 11 is 3.82. The quantitative estimate of drug-likeness (QED) is 0.320. The number of benzene rings is 3. The molecule has 4 nitrogen and oxygen atoms in total. The Bertz CT molecular complexity index is 1320. The van der Waals surface area contributed by atoms with Gasteiger partial charge in [-0.3, -0.25) is 4.79 Å². The topological polar surface area (TPSA) is 46.6 Å². The fourth-order valence-electron chi connectivity index (χ4n) is 6.22. The second-order valence-corrected chi connectivity index (χ2v) is 10.8. The Balaban J connectivity index is 1.16. The van der Waals surface area contributed by atoms with Crippen LogP contribution in [0.5, 0.6) is 0 Å². The van der Waals surface area contributed by atoms with Crippen LogP contribution in [0, 0.1) is 0 Å². The zero-order chi connectivity index (χ0) is 24.8. The first-order valence-electron chi connectivity index (χ1n) is 12.6. The number of ketones is 1. The van der Waals surface area contributed by atoms with Gasteiger partial charge >= 0.3 is 6.09 Å². The molecule has 3 aromatic carbocycles. The van der Waals surface area contributed by atoms with E-state index in [-0.39, 0.29) is 29.9 Å². The van der Waals surface area contributed by atoms with Gasteiger partial charge < -0.3 is 9.64 Å². The summed E-state index contributed by atoms with van der Waals surface area (Å²) in [5, 5.41) is 0. The molecule has 0 spiro atoms. The maximum atomic E-state index is 13.3. The lowest BCUT2D eigenvalue weighted by Crippen LogP contribution is -2.45. The summed E-state index contributed by atoms with van der Waals surface area (Å²) in [7, 11) is 0. The van der Waals surface area contributed by atoms with Gasteiger partial charge in [0.15, 0.2) is 5.78 Å². The van der Waals surface area contributed by atoms with Gasteiger partial charge in [-0.15, -0.1) is 0 Å². The van der Waals surface area contributed by atoms with Gasteiger partial charge in [0.2, 0.25) is 0 Å². The van der Waals surface area contributed by atoms with Crippen molar-refractivity contribution in [3.63, 3.8) is 0 Å². The number of Topliss-reactive ketones (excluding diaryl/α,β-unsaturated/α-hetero) is 1. The molecule has 1 aliphatic carbocycles. The summed E-state index contributed by atoms with van der Waals surface area (Å²) in [4.78, 5) is 26.9. The third-order valence-corrected chi connectivity index (χ3v) is 9.00. The van der Waals surface area contributed by atoms with Gasteiger partial charge in [0, 0.05) is 28.0 Å². The summed E-state index contributed by atoms with van der Waals surface area (Å²) in [6.45, 7) is 1.94. The molecule has 2 aliphatic heterocycles. The first-order chi connectivity index (χ1) is 17.5. The van der Waals surface area contributed by atoms with Gasteiger partial charge in [0.05, 0.1) is 0 Å². The van der Waals surface area contributed by atoms with E-state index in [0.717, 1.165) is 35.7 Å². The number of amides is 1. The van der Waals surface area contributed by atoms with E-state index in [9.17, 15) is 9.59 Å². The third-order valence-electron chi connectivity index (χ3n) is 7.99. The van der Waals surface area contributed by atoms with Crippen LogP contribution >= 0.6 is 15.9 Å². The molecule has 0 radical (unpaired) electrons. The molecular weight excluding hydrogens is 514 g/mol. The van der Waals surface area contributed by atoms with Crippen molar-refractivity contribution < 1.29 is 14.3 Å². The number of halogens is 1. The number of ether oxygens (including phenoxy) is 1. The van der Waals surface area contributed by atoms with Crippen molar-refractivity contribution in [2.45, 2.75) is 50.6 Å². The number of hydrogen-bond acceptors (Lipinski definition) is 3. The molecule has 2 heterocycles. The maximum Gasteiger partial charge on any atom is 0.410 e. The molecule has 2 bridgehead atoms. The molecular formula is C31H28BrNO3. The molecule has 2 unspecified atom stereocenters. The van der Waals surface area contributed by atoms with Crippen molar-refractivity contribution in [1.82, 2.24) is 4.90 Å². The van der Waals surface area contributed by atoms with Crippen LogP contribution in [0.4, 0.5) is 4.79 Å². The molecule has 2 fully saturated rings. The van der Waals surface area contributed by atoms with Crippen molar-refractivity contribution >= 4 is 32.3 Å². The maximum absolute atomic E-state index is 13.3. The summed E-state index contributed by atoms with van der Waals surface area (Å²) in [6.07, 6.45) is 3.50. The fraction of sp³-hybridized carbons (Fsp3) is 0.290. The summed E-state index contributed by atoms with van der Waals surface area (Å²) < 4.78 is 7.09. The minimum absolute atomic E-state index is 0.0692. The van der Waals surface area contributed by atoms with Gasteiger partial charge in [0.25, 0.3) is 0 Å². The molecule has 182 valence electrons. The predicted octanol–water partition coefficient (Wildman–Crippen LogP) is 7.57. The molecule has 3 aromatic rings. The van der Waals surface area contributed by atoms with E-state index in [0.29, 0.717) is 12.2 Å². The van der Waals surface area contributed by atoms with Crippen LogP contribution in [0.1, 0.15) is 65.6 Å². The highest BCUT2D eigenvalue weighted by atomic mass is 79.9. The second kappa shape index (κ2) is 9.36. The SMILES string of the molecule is CC(=O)c1ccc(C(Br)=C2CC3CCC(C2)N3C(=O)OCC2c3ccccc3-c3ccccc32)cc1. The van der Waals surface area contributed by atoms with Crippen LogP contribution < -0.4 is 0 Å². The Morgan fingerprint density at radius 1 is 0.833 bits per heavy atom. The van der Waals surface area contributed by atoms with Crippen LogP contribution in [0.3, 0.4) is 0 Å². The van der Waals surface area contributed by atoms with E-state index in [4.69, 9.17) is 4.74 Å². The van der Waals surface area contributed by atoms with Crippen molar-refractivity contribution in [2.24, 2.45) is 0 Å². The average molecular weight is 542 g/mol. The van der Waals surface area contributed by atoms with Gasteiger partial charge in [-0.1, -0.05) is 94.3 Å². The third kappa shape index (κ3) is 4.00. The number of rotatable bonds is 4. The van der Waals surface area contributed by atoms with E-state index < -0.39 is 0 Å². The molecule has 2 saturated heterocycles. The van der Waals surface area contributed by atoms with E-state index in [1.54, 1.807) is 6.92 Å². The van der Waals surface area contributed by atoms with Crippen molar-refractivity contribution in [3.05, 3.63) is 101 Å². The highest BCUT2D eigenvalue weighted by molar-refractivity contribution is 9.15. The summed E-state index contributed by atoms with van der Waals surface area (Å²) in [5.74, 6) is 0.145. The number of hydrogen-bond donors (Lipinski definition) is 0. The predicted molar refractivity (Wildman–Crippen MR) is 145 cm³/mol. The lowest BCUT2D eigenvalue weighted by Gasteiger charge is -2.36. The van der Waals surface area contributed by atoms with E-state index >= 15 is 0 Å². The minimum Gasteiger partial charge on any atom is -0.448 e. The lowest BCUT2D eigenvalue weighted by atomic mass is 9.94. The molecule has 36 heavy (non-hydrogen) atoms. The average Bonchev–Trinajstić information content (AvgIpc) is 3.37. The molecule has 6 rings (SSSR count). The molecule has 1 amide bonds. The first-order valence-corrected chi connectivity index (χ1v) is 13.4. The fourth-order valence-corrected chi connectivity index (χ4v) is 6.80. The number of carbonyl (C=O) groups is 2. The van der Waals surface area contributed by atoms with Gasteiger partial charge in [-0.2, -0.15) is 0 Å². The highest BCUT2D eigenvalue weighted by Crippen LogP contribution is 2.46. The zero-order valence-electron chi connectivity index (χ0n) is 20.2. The van der Waals surface area contributed by atoms with Crippen molar-refractivity contribution in [2.75, 3.05) is 6.61 Å². The smallest absolute Gasteiger partial charge is 0.410 e. The number of piperidine rings is 1. The largest absolute Gasteiger partial charge is 0.448 e. The van der Waals surface area contributed by atoms with Crippen molar-refractivity contribution in [1.29, 1.82) is 0 Å². The zero-order valence-corrected chi connectivity index (χ0v) is 21.8. The monoisotopic (exact) mass is 541 g/mol. The Labute approximate surface area is 220 Å². The van der Waals surface area contributed by atoms with Gasteiger partial charge in [-0.25, -0.2) is 4.79 Å². The molecule has 5 heteroatoms. The van der Waals surface area contributed by atoms with Crippen LogP contribution in [0.25, 0.3) is 15.6 Å². The number of fused-ring (bicyclic) bond motifs is 5.